The van der Waals surface area contributed by atoms with E-state index in [0.717, 1.165) is 10.8 Å². The summed E-state index contributed by atoms with van der Waals surface area (Å²) in [6.45, 7) is 1.58. The molecule has 2 aromatic heterocycles. The van der Waals surface area contributed by atoms with E-state index in [1.807, 2.05) is 36.4 Å². The Morgan fingerprint density at radius 3 is 2.67 bits per heavy atom. The van der Waals surface area contributed by atoms with E-state index >= 15 is 4.39 Å². The predicted octanol–water partition coefficient (Wildman–Crippen LogP) is 4.05. The number of ether oxygens (including phenoxy) is 2. The highest BCUT2D eigenvalue weighted by atomic mass is 19.1. The van der Waals surface area contributed by atoms with Crippen molar-refractivity contribution in [3.05, 3.63) is 89.0 Å². The van der Waals surface area contributed by atoms with Crippen LogP contribution in [0.1, 0.15) is 10.4 Å². The van der Waals surface area contributed by atoms with E-state index in [0.29, 0.717) is 43.3 Å². The number of nitrogens with zero attached hydrogens (tertiary/aromatic N) is 4. The first kappa shape index (κ1) is 20.8. The fraction of sp³-hybridized carbons (Fsp3) is 0.148. The Morgan fingerprint density at radius 2 is 1.86 bits per heavy atom. The summed E-state index contributed by atoms with van der Waals surface area (Å²) >= 11 is 0. The second kappa shape index (κ2) is 7.76. The molecule has 0 N–H and O–H groups in total. The van der Waals surface area contributed by atoms with Crippen LogP contribution in [0, 0.1) is 5.82 Å². The molecular formula is C27H19FN4O4. The van der Waals surface area contributed by atoms with Crippen molar-refractivity contribution < 1.29 is 18.7 Å². The topological polar surface area (TPSA) is 78.6 Å². The number of halogens is 1. The summed E-state index contributed by atoms with van der Waals surface area (Å²) in [7, 11) is 0. The number of aromatic nitrogens is 3. The first-order valence-electron chi connectivity index (χ1n) is 11.6. The fourth-order valence-corrected chi connectivity index (χ4v) is 5.09. The van der Waals surface area contributed by atoms with E-state index < -0.39 is 17.2 Å². The van der Waals surface area contributed by atoms with Crippen LogP contribution in [0.4, 0.5) is 4.39 Å². The molecule has 0 saturated carbocycles. The van der Waals surface area contributed by atoms with E-state index in [4.69, 9.17) is 9.47 Å². The zero-order chi connectivity index (χ0) is 24.4. The largest absolute Gasteiger partial charge is 0.451 e. The minimum Gasteiger partial charge on any atom is -0.451 e. The Bertz CT molecular complexity index is 1750. The number of pyridine rings is 1. The molecule has 0 aliphatic carbocycles. The first-order chi connectivity index (χ1) is 17.6. The van der Waals surface area contributed by atoms with Gasteiger partial charge in [0.2, 0.25) is 5.43 Å². The quantitative estimate of drug-likeness (QED) is 0.372. The van der Waals surface area contributed by atoms with Crippen LogP contribution >= 0.6 is 0 Å². The number of rotatable bonds is 2. The number of hydrogen-bond acceptors (Lipinski definition) is 5. The van der Waals surface area contributed by atoms with Crippen molar-refractivity contribution in [3.63, 3.8) is 0 Å². The van der Waals surface area contributed by atoms with Gasteiger partial charge in [0.15, 0.2) is 17.3 Å². The molecule has 36 heavy (non-hydrogen) atoms. The standard InChI is InChI=1S/C27H19FN4O4/c28-20-13-18-23-26(24(20)31-8-7-29-15-31)36-21-6-5-16-3-1-2-4-17(16)22(21)32(23)14-19(25(18)33)27(34)30-9-11-35-12-10-30/h1-8,13-15H,9-12H2. The summed E-state index contributed by atoms with van der Waals surface area (Å²) in [4.78, 5) is 32.8. The van der Waals surface area contributed by atoms with E-state index in [1.165, 1.54) is 23.2 Å². The number of imidazole rings is 1. The van der Waals surface area contributed by atoms with Gasteiger partial charge >= 0.3 is 0 Å². The van der Waals surface area contributed by atoms with Gasteiger partial charge in [-0.15, -0.1) is 0 Å². The van der Waals surface area contributed by atoms with Crippen LogP contribution in [0.15, 0.2) is 72.2 Å². The van der Waals surface area contributed by atoms with Gasteiger partial charge in [-0.05, 0) is 17.5 Å². The number of carbonyl (C=O) groups excluding carboxylic acids is 1. The molecule has 3 aromatic carbocycles. The highest BCUT2D eigenvalue weighted by Crippen LogP contribution is 2.46. The monoisotopic (exact) mass is 482 g/mol. The molecule has 2 aliphatic rings. The molecule has 8 nitrogen and oxygen atoms in total. The summed E-state index contributed by atoms with van der Waals surface area (Å²) in [5.41, 5.74) is 0.657. The van der Waals surface area contributed by atoms with Gasteiger partial charge < -0.3 is 23.5 Å². The Balaban J connectivity index is 1.60. The minimum atomic E-state index is -0.653. The molecule has 1 saturated heterocycles. The Hall–Kier alpha value is -4.50. The van der Waals surface area contributed by atoms with Crippen molar-refractivity contribution in [1.29, 1.82) is 0 Å². The van der Waals surface area contributed by atoms with Crippen LogP contribution < -0.4 is 10.2 Å². The lowest BCUT2D eigenvalue weighted by Gasteiger charge is -2.29. The third-order valence-corrected chi connectivity index (χ3v) is 6.78. The van der Waals surface area contributed by atoms with Gasteiger partial charge in [-0.2, -0.15) is 0 Å². The van der Waals surface area contributed by atoms with Crippen molar-refractivity contribution in [2.24, 2.45) is 0 Å². The van der Waals surface area contributed by atoms with Gasteiger partial charge in [0.1, 0.15) is 16.8 Å². The molecule has 9 heteroatoms. The van der Waals surface area contributed by atoms with E-state index in [1.54, 1.807) is 21.9 Å². The Labute approximate surface area is 203 Å². The number of hydrogen-bond donors (Lipinski definition) is 0. The lowest BCUT2D eigenvalue weighted by molar-refractivity contribution is 0.0302. The molecule has 1 fully saturated rings. The van der Waals surface area contributed by atoms with Crippen molar-refractivity contribution in [2.75, 3.05) is 26.3 Å². The van der Waals surface area contributed by atoms with E-state index in [2.05, 4.69) is 4.98 Å². The van der Waals surface area contributed by atoms with E-state index in [9.17, 15) is 9.59 Å². The number of carbonyl (C=O) groups is 1. The van der Waals surface area contributed by atoms with Gasteiger partial charge in [-0.3, -0.25) is 9.59 Å². The molecule has 7 rings (SSSR count). The molecule has 1 amide bonds. The van der Waals surface area contributed by atoms with Crippen LogP contribution in [0.5, 0.6) is 11.5 Å². The zero-order valence-electron chi connectivity index (χ0n) is 19.0. The van der Waals surface area contributed by atoms with E-state index in [-0.39, 0.29) is 22.4 Å². The summed E-state index contributed by atoms with van der Waals surface area (Å²) < 4.78 is 30.6. The maximum atomic E-state index is 15.6. The fourth-order valence-electron chi connectivity index (χ4n) is 5.09. The predicted molar refractivity (Wildman–Crippen MR) is 131 cm³/mol. The molecule has 5 aromatic rings. The normalized spacial score (nSPS) is 14.6. The SMILES string of the molecule is O=C(c1cn2c3c(c(-n4ccnc4)c(F)cc3c1=O)Oc1ccc3ccccc3c1-2)N1CCOCC1. The number of amides is 1. The Kier molecular flexibility index (Phi) is 4.49. The van der Waals surface area contributed by atoms with Gasteiger partial charge in [0, 0.05) is 37.1 Å². The Morgan fingerprint density at radius 1 is 1.03 bits per heavy atom. The smallest absolute Gasteiger partial charge is 0.259 e. The average molecular weight is 482 g/mol. The molecule has 2 aliphatic heterocycles. The van der Waals surface area contributed by atoms with Crippen LogP contribution in [0.3, 0.4) is 0 Å². The lowest BCUT2D eigenvalue weighted by atomic mass is 10.0. The molecule has 0 unspecified atom stereocenters. The van der Waals surface area contributed by atoms with Crippen molar-refractivity contribution in [1.82, 2.24) is 19.0 Å². The highest BCUT2D eigenvalue weighted by molar-refractivity contribution is 6.03. The second-order valence-electron chi connectivity index (χ2n) is 8.78. The molecular weight excluding hydrogens is 463 g/mol. The van der Waals surface area contributed by atoms with Crippen LogP contribution in [-0.4, -0.2) is 51.2 Å². The van der Waals surface area contributed by atoms with Crippen molar-refractivity contribution in [3.8, 4) is 22.9 Å². The first-order valence-corrected chi connectivity index (χ1v) is 11.6. The van der Waals surface area contributed by atoms with Crippen molar-refractivity contribution in [2.45, 2.75) is 0 Å². The summed E-state index contributed by atoms with van der Waals surface area (Å²) in [6, 6.07) is 12.7. The third-order valence-electron chi connectivity index (χ3n) is 6.78. The molecule has 178 valence electrons. The average Bonchev–Trinajstić information content (AvgIpc) is 3.44. The number of morpholine rings is 1. The van der Waals surface area contributed by atoms with Gasteiger partial charge in [-0.1, -0.05) is 30.3 Å². The van der Waals surface area contributed by atoms with Crippen LogP contribution in [-0.2, 0) is 4.74 Å². The zero-order valence-corrected chi connectivity index (χ0v) is 19.0. The molecule has 0 spiro atoms. The molecule has 0 bridgehead atoms. The lowest BCUT2D eigenvalue weighted by Crippen LogP contribution is -2.42. The summed E-state index contributed by atoms with van der Waals surface area (Å²) in [6.07, 6.45) is 6.19. The minimum absolute atomic E-state index is 0.0223. The van der Waals surface area contributed by atoms with Crippen LogP contribution in [0.25, 0.3) is 33.1 Å². The van der Waals surface area contributed by atoms with Gasteiger partial charge in [0.25, 0.3) is 5.91 Å². The summed E-state index contributed by atoms with van der Waals surface area (Å²) in [5.74, 6) is -0.377. The molecule has 0 atom stereocenters. The maximum Gasteiger partial charge on any atom is 0.259 e. The third kappa shape index (κ3) is 2.93. The maximum absolute atomic E-state index is 15.6. The van der Waals surface area contributed by atoms with Gasteiger partial charge in [-0.25, -0.2) is 9.37 Å². The number of fused-ring (bicyclic) bond motifs is 4. The van der Waals surface area contributed by atoms with Gasteiger partial charge in [0.05, 0.1) is 30.6 Å². The molecule has 4 heterocycles. The van der Waals surface area contributed by atoms with Crippen molar-refractivity contribution >= 4 is 27.6 Å². The van der Waals surface area contributed by atoms with Crippen LogP contribution in [0.2, 0.25) is 0 Å². The second-order valence-corrected chi connectivity index (χ2v) is 8.78. The molecule has 0 radical (unpaired) electrons. The highest BCUT2D eigenvalue weighted by Gasteiger charge is 2.31. The number of benzene rings is 3. The summed E-state index contributed by atoms with van der Waals surface area (Å²) in [5, 5.41) is 1.92.